The Morgan fingerprint density at radius 3 is 2.43 bits per heavy atom. The molecule has 0 saturated heterocycles. The highest BCUT2D eigenvalue weighted by Gasteiger charge is 2.57. The second-order valence-corrected chi connectivity index (χ2v) is 12.0. The van der Waals surface area contributed by atoms with Crippen LogP contribution in [0.15, 0.2) is 48.5 Å². The van der Waals surface area contributed by atoms with Gasteiger partial charge in [-0.2, -0.15) is 13.2 Å². The van der Waals surface area contributed by atoms with Crippen LogP contribution >= 0.6 is 0 Å². The largest absolute Gasteiger partial charge is 0.494 e. The molecule has 246 valence electrons. The second-order valence-electron chi connectivity index (χ2n) is 12.0. The monoisotopic (exact) mass is 654 g/mol. The summed E-state index contributed by atoms with van der Waals surface area (Å²) in [6.07, 6.45) is -3.55. The first kappa shape index (κ1) is 32.1. The van der Waals surface area contributed by atoms with Crippen LogP contribution in [-0.2, 0) is 22.4 Å². The van der Waals surface area contributed by atoms with Gasteiger partial charge < -0.3 is 30.7 Å². The summed E-state index contributed by atoms with van der Waals surface area (Å²) < 4.78 is 69.2. The van der Waals surface area contributed by atoms with Crippen molar-refractivity contribution >= 4 is 22.7 Å². The topological polar surface area (TPSA) is 157 Å². The molecule has 14 heteroatoms. The number of nitrogens with one attached hydrogen (secondary N) is 1. The van der Waals surface area contributed by atoms with Crippen molar-refractivity contribution in [3.8, 4) is 22.8 Å². The number of nitrogens with two attached hydrogens (primary N) is 1. The second kappa shape index (κ2) is 11.5. The van der Waals surface area contributed by atoms with E-state index in [1.165, 1.54) is 38.3 Å². The molecule has 2 aromatic heterocycles. The smallest absolute Gasteiger partial charge is 0.424 e. The van der Waals surface area contributed by atoms with Crippen LogP contribution in [0, 0.1) is 5.82 Å². The Balaban J connectivity index is 1.40. The molecular weight excluding hydrogens is 624 g/mol. The third-order valence-electron chi connectivity index (χ3n) is 8.78. The minimum absolute atomic E-state index is 0.0398. The molecule has 2 aromatic carbocycles. The highest BCUT2D eigenvalue weighted by Crippen LogP contribution is 2.48. The number of pyridine rings is 2. The minimum Gasteiger partial charge on any atom is -0.494 e. The molecule has 1 aliphatic heterocycles. The Morgan fingerprint density at radius 1 is 1.13 bits per heavy atom. The van der Waals surface area contributed by atoms with Crippen molar-refractivity contribution in [2.45, 2.75) is 49.5 Å². The molecule has 47 heavy (non-hydrogen) atoms. The van der Waals surface area contributed by atoms with Gasteiger partial charge in [-0.1, -0.05) is 0 Å². The van der Waals surface area contributed by atoms with E-state index in [0.717, 1.165) is 36.6 Å². The maximum Gasteiger partial charge on any atom is 0.424 e. The van der Waals surface area contributed by atoms with E-state index in [0.29, 0.717) is 16.6 Å². The van der Waals surface area contributed by atoms with Crippen LogP contribution in [0.4, 0.5) is 17.6 Å². The molecule has 5 N–H and O–H groups in total. The Labute approximate surface area is 265 Å². The van der Waals surface area contributed by atoms with Gasteiger partial charge in [-0.25, -0.2) is 14.4 Å². The number of fused-ring (bicyclic) bond motifs is 2. The van der Waals surface area contributed by atoms with Crippen LogP contribution in [0.2, 0.25) is 0 Å². The molecule has 1 unspecified atom stereocenters. The van der Waals surface area contributed by atoms with Crippen LogP contribution in [0.25, 0.3) is 22.2 Å². The van der Waals surface area contributed by atoms with Gasteiger partial charge in [0.15, 0.2) is 0 Å². The average Bonchev–Trinajstić information content (AvgIpc) is 3.84. The van der Waals surface area contributed by atoms with Crippen molar-refractivity contribution in [2.24, 2.45) is 5.73 Å². The Morgan fingerprint density at radius 2 is 1.83 bits per heavy atom. The standard InChI is InChI=1S/C33H30F4N4O6/c1-31(30(38)44)15-47-28-22(31)12-25(41-27(28)17-5-7-20(34)8-6-17)32(45,33(35,36)37)14-39-29(43)19-9-18-10-21(16-3-4-16)23(13-42)40-26(18)24(11-19)46-2/h5-12,16,42,45H,3-4,13-15H2,1-2H3,(H2,38,44)(H,39,43)/t31-,32?/m0/s1. The lowest BCUT2D eigenvalue weighted by Gasteiger charge is -2.31. The van der Waals surface area contributed by atoms with Gasteiger partial charge in [0, 0.05) is 22.1 Å². The number of ether oxygens (including phenoxy) is 2. The number of halogens is 4. The number of amides is 2. The van der Waals surface area contributed by atoms with E-state index in [2.05, 4.69) is 15.3 Å². The van der Waals surface area contributed by atoms with Gasteiger partial charge in [-0.15, -0.1) is 0 Å². The molecule has 0 bridgehead atoms. The van der Waals surface area contributed by atoms with Crippen molar-refractivity contribution in [2.75, 3.05) is 20.3 Å². The number of aliphatic hydroxyl groups excluding tert-OH is 1. The number of hydrogen-bond acceptors (Lipinski definition) is 8. The number of aliphatic hydroxyl groups is 2. The molecule has 2 amide bonds. The maximum atomic E-state index is 14.8. The first-order chi connectivity index (χ1) is 22.2. The van der Waals surface area contributed by atoms with Gasteiger partial charge >= 0.3 is 6.18 Å². The van der Waals surface area contributed by atoms with Crippen LogP contribution in [0.1, 0.15) is 58.6 Å². The summed E-state index contributed by atoms with van der Waals surface area (Å²) in [6, 6.07) is 10.1. The van der Waals surface area contributed by atoms with E-state index >= 15 is 0 Å². The SMILES string of the molecule is COc1cc(C(=O)NCC(O)(c2cc3c(c(-c4ccc(F)cc4)n2)OC[C@]3(C)C(N)=O)C(F)(F)F)cc2cc(C3CC3)c(CO)nc12. The Bertz CT molecular complexity index is 1910. The summed E-state index contributed by atoms with van der Waals surface area (Å²) in [5.41, 5.74) is 0.841. The molecule has 1 saturated carbocycles. The van der Waals surface area contributed by atoms with Crippen molar-refractivity contribution < 1.29 is 46.8 Å². The van der Waals surface area contributed by atoms with Crippen LogP contribution < -0.4 is 20.5 Å². The summed E-state index contributed by atoms with van der Waals surface area (Å²) in [7, 11) is 1.34. The predicted molar refractivity (Wildman–Crippen MR) is 160 cm³/mol. The summed E-state index contributed by atoms with van der Waals surface area (Å²) >= 11 is 0. The lowest BCUT2D eigenvalue weighted by molar-refractivity contribution is -0.265. The number of hydrogen-bond donors (Lipinski definition) is 4. The molecule has 4 aromatic rings. The highest BCUT2D eigenvalue weighted by atomic mass is 19.4. The van der Waals surface area contributed by atoms with E-state index < -0.39 is 47.1 Å². The number of aromatic nitrogens is 2. The molecule has 2 aliphatic rings. The Kier molecular flexibility index (Phi) is 7.83. The van der Waals surface area contributed by atoms with E-state index in [-0.39, 0.29) is 53.0 Å². The van der Waals surface area contributed by atoms with Gasteiger partial charge in [0.2, 0.25) is 11.5 Å². The van der Waals surface area contributed by atoms with Gasteiger partial charge in [0.1, 0.15) is 40.5 Å². The van der Waals surface area contributed by atoms with E-state index in [9.17, 15) is 37.4 Å². The molecule has 1 aliphatic carbocycles. The third-order valence-corrected chi connectivity index (χ3v) is 8.78. The van der Waals surface area contributed by atoms with Crippen LogP contribution in [0.5, 0.6) is 11.5 Å². The number of rotatable bonds is 9. The molecule has 6 rings (SSSR count). The van der Waals surface area contributed by atoms with Crippen molar-refractivity contribution in [3.05, 3.63) is 82.4 Å². The molecule has 0 radical (unpaired) electrons. The van der Waals surface area contributed by atoms with Crippen LogP contribution in [0.3, 0.4) is 0 Å². The van der Waals surface area contributed by atoms with Crippen molar-refractivity contribution in [3.63, 3.8) is 0 Å². The van der Waals surface area contributed by atoms with E-state index in [4.69, 9.17) is 15.2 Å². The molecule has 0 spiro atoms. The van der Waals surface area contributed by atoms with Crippen molar-refractivity contribution in [1.29, 1.82) is 0 Å². The normalized spacial score (nSPS) is 18.7. The molecular formula is C33H30F4N4O6. The number of alkyl halides is 3. The molecule has 10 nitrogen and oxygen atoms in total. The zero-order chi connectivity index (χ0) is 33.9. The quantitative estimate of drug-likeness (QED) is 0.196. The van der Waals surface area contributed by atoms with Crippen molar-refractivity contribution in [1.82, 2.24) is 15.3 Å². The zero-order valence-corrected chi connectivity index (χ0v) is 25.2. The number of carbonyl (C=O) groups is 2. The fourth-order valence-electron chi connectivity index (χ4n) is 5.72. The summed E-state index contributed by atoms with van der Waals surface area (Å²) in [5.74, 6) is -2.14. The number of carbonyl (C=O) groups excluding carboxylic acids is 2. The fraction of sp³-hybridized carbons (Fsp3) is 0.333. The van der Waals surface area contributed by atoms with Gasteiger partial charge in [0.25, 0.3) is 5.91 Å². The van der Waals surface area contributed by atoms with E-state index in [1.807, 2.05) is 0 Å². The minimum atomic E-state index is -5.38. The first-order valence-electron chi connectivity index (χ1n) is 14.6. The molecule has 1 fully saturated rings. The summed E-state index contributed by atoms with van der Waals surface area (Å²) in [5, 5.41) is 23.8. The van der Waals surface area contributed by atoms with Crippen LogP contribution in [-0.4, -0.2) is 58.4 Å². The van der Waals surface area contributed by atoms with Gasteiger partial charge in [-0.3, -0.25) is 9.59 Å². The zero-order valence-electron chi connectivity index (χ0n) is 25.2. The summed E-state index contributed by atoms with van der Waals surface area (Å²) in [6.45, 7) is -0.589. The number of primary amides is 1. The summed E-state index contributed by atoms with van der Waals surface area (Å²) in [4.78, 5) is 34.4. The average molecular weight is 655 g/mol. The molecule has 3 heterocycles. The van der Waals surface area contributed by atoms with Gasteiger partial charge in [-0.05, 0) is 79.8 Å². The fourth-order valence-corrected chi connectivity index (χ4v) is 5.72. The van der Waals surface area contributed by atoms with Gasteiger partial charge in [0.05, 0.1) is 31.6 Å². The molecule has 2 atom stereocenters. The lowest BCUT2D eigenvalue weighted by Crippen LogP contribution is -2.51. The number of methoxy groups -OCH3 is 1. The third kappa shape index (κ3) is 5.50. The maximum absolute atomic E-state index is 14.8. The first-order valence-corrected chi connectivity index (χ1v) is 14.6. The highest BCUT2D eigenvalue weighted by molar-refractivity contribution is 6.00. The van der Waals surface area contributed by atoms with E-state index in [1.54, 1.807) is 6.07 Å². The lowest BCUT2D eigenvalue weighted by atomic mass is 9.81. The Hall–Kier alpha value is -4.82. The number of benzene rings is 2. The predicted octanol–water partition coefficient (Wildman–Crippen LogP) is 4.13. The number of nitrogens with zero attached hydrogens (tertiary/aromatic N) is 2.